The molecule has 0 unspecified atom stereocenters. The van der Waals surface area contributed by atoms with Gasteiger partial charge in [0.05, 0.1) is 7.11 Å². The standard InChI is InChI=1S/C38H54N2O4/c1-29(2)26-40(36(42)17-10-6-9-14-31-12-7-5-8-13-31)34-20-21-38(44-30(3)41)28-39(27-32-18-19-32)23-22-37(38,25-34)33-15-11-16-35(24-33)43-4/h5,7-8,11-13,15-16,24,29,32,34H,6,9-10,14,17-23,25-28H2,1-4H3/t34-,37+,38+/m1/s1. The zero-order valence-corrected chi connectivity index (χ0v) is 27.6. The Hall–Kier alpha value is -2.86. The number of ether oxygens (including phenoxy) is 2. The van der Waals surface area contributed by atoms with Crippen molar-refractivity contribution >= 4 is 11.9 Å². The van der Waals surface area contributed by atoms with Gasteiger partial charge in [0.15, 0.2) is 0 Å². The first-order valence-electron chi connectivity index (χ1n) is 17.1. The molecule has 240 valence electrons. The van der Waals surface area contributed by atoms with E-state index in [9.17, 15) is 9.59 Å². The maximum Gasteiger partial charge on any atom is 0.303 e. The number of benzene rings is 2. The second-order valence-corrected chi connectivity index (χ2v) is 14.2. The summed E-state index contributed by atoms with van der Waals surface area (Å²) in [6.45, 7) is 9.55. The SMILES string of the molecule is COc1cccc([C@@]23CCN(CC4CC4)C[C@@]2(OC(C)=O)CC[C@@H](N(CC(C)C)C(=O)CCCCCc2ccccc2)C3)c1. The first-order valence-corrected chi connectivity index (χ1v) is 17.1. The van der Waals surface area contributed by atoms with Gasteiger partial charge in [-0.2, -0.15) is 0 Å². The maximum absolute atomic E-state index is 14.0. The average molecular weight is 603 g/mol. The Bertz CT molecular complexity index is 1240. The summed E-state index contributed by atoms with van der Waals surface area (Å²) in [5.74, 6) is 2.04. The predicted octanol–water partition coefficient (Wildman–Crippen LogP) is 7.19. The number of hydrogen-bond donors (Lipinski definition) is 0. The third-order valence-corrected chi connectivity index (χ3v) is 10.4. The Morgan fingerprint density at radius 1 is 1.00 bits per heavy atom. The van der Waals surface area contributed by atoms with E-state index in [1.54, 1.807) is 14.0 Å². The van der Waals surface area contributed by atoms with Crippen LogP contribution in [0.2, 0.25) is 0 Å². The number of carbonyl (C=O) groups excluding carboxylic acids is 2. The predicted molar refractivity (Wildman–Crippen MR) is 176 cm³/mol. The second kappa shape index (κ2) is 14.5. The molecule has 1 amide bonds. The molecule has 0 radical (unpaired) electrons. The molecule has 2 saturated carbocycles. The van der Waals surface area contributed by atoms with E-state index >= 15 is 0 Å². The lowest BCUT2D eigenvalue weighted by molar-refractivity contribution is -0.190. The van der Waals surface area contributed by atoms with Crippen LogP contribution in [0.15, 0.2) is 54.6 Å². The Balaban J connectivity index is 1.37. The molecule has 0 N–H and O–H groups in total. The van der Waals surface area contributed by atoms with E-state index in [1.807, 2.05) is 6.07 Å². The number of carbonyl (C=O) groups is 2. The van der Waals surface area contributed by atoms with E-state index in [0.29, 0.717) is 12.3 Å². The van der Waals surface area contributed by atoms with Crippen molar-refractivity contribution in [2.75, 3.05) is 33.3 Å². The van der Waals surface area contributed by atoms with Gasteiger partial charge in [-0.05, 0) is 99.4 Å². The van der Waals surface area contributed by atoms with Crippen LogP contribution in [0.25, 0.3) is 0 Å². The van der Waals surface area contributed by atoms with Gasteiger partial charge in [0, 0.05) is 44.4 Å². The highest BCUT2D eigenvalue weighted by molar-refractivity contribution is 5.76. The number of nitrogens with zero attached hydrogens (tertiary/aromatic N) is 2. The van der Waals surface area contributed by atoms with Crippen molar-refractivity contribution in [1.29, 1.82) is 0 Å². The lowest BCUT2D eigenvalue weighted by Crippen LogP contribution is -2.69. The van der Waals surface area contributed by atoms with Crippen molar-refractivity contribution in [1.82, 2.24) is 9.80 Å². The summed E-state index contributed by atoms with van der Waals surface area (Å²) in [6.07, 6.45) is 10.7. The van der Waals surface area contributed by atoms with Gasteiger partial charge in [0.2, 0.25) is 5.91 Å². The summed E-state index contributed by atoms with van der Waals surface area (Å²) in [5, 5.41) is 0. The van der Waals surface area contributed by atoms with Crippen LogP contribution in [0.5, 0.6) is 5.75 Å². The van der Waals surface area contributed by atoms with Crippen LogP contribution in [0.1, 0.15) is 96.1 Å². The number of fused-ring (bicyclic) bond motifs is 1. The Labute approximate surface area is 265 Å². The smallest absolute Gasteiger partial charge is 0.303 e. The first kappa shape index (κ1) is 32.5. The molecule has 3 fully saturated rings. The van der Waals surface area contributed by atoms with Crippen molar-refractivity contribution in [3.63, 3.8) is 0 Å². The van der Waals surface area contributed by atoms with Crippen LogP contribution in [0, 0.1) is 11.8 Å². The number of unbranched alkanes of at least 4 members (excludes halogenated alkanes) is 2. The molecule has 1 heterocycles. The van der Waals surface area contributed by atoms with E-state index in [4.69, 9.17) is 9.47 Å². The molecular formula is C38H54N2O4. The number of aryl methyl sites for hydroxylation is 1. The molecule has 5 rings (SSSR count). The van der Waals surface area contributed by atoms with E-state index in [1.165, 1.54) is 24.0 Å². The third kappa shape index (κ3) is 7.67. The van der Waals surface area contributed by atoms with Gasteiger partial charge >= 0.3 is 5.97 Å². The minimum absolute atomic E-state index is 0.110. The third-order valence-electron chi connectivity index (χ3n) is 10.4. The lowest BCUT2D eigenvalue weighted by Gasteiger charge is -2.60. The van der Waals surface area contributed by atoms with Gasteiger partial charge in [-0.25, -0.2) is 0 Å². The number of hydrogen-bond acceptors (Lipinski definition) is 5. The second-order valence-electron chi connectivity index (χ2n) is 14.2. The molecule has 0 bridgehead atoms. The number of piperidine rings is 1. The van der Waals surface area contributed by atoms with Crippen LogP contribution in [0.3, 0.4) is 0 Å². The van der Waals surface area contributed by atoms with E-state index in [2.05, 4.69) is 72.2 Å². The molecule has 2 aromatic carbocycles. The van der Waals surface area contributed by atoms with Gasteiger partial charge in [0.1, 0.15) is 11.4 Å². The highest BCUT2D eigenvalue weighted by Gasteiger charge is 2.61. The van der Waals surface area contributed by atoms with Crippen molar-refractivity contribution < 1.29 is 19.1 Å². The fourth-order valence-electron chi connectivity index (χ4n) is 8.09. The number of methoxy groups -OCH3 is 1. The summed E-state index contributed by atoms with van der Waals surface area (Å²) in [7, 11) is 1.71. The summed E-state index contributed by atoms with van der Waals surface area (Å²) in [6, 6.07) is 19.1. The van der Waals surface area contributed by atoms with E-state index in [-0.39, 0.29) is 23.3 Å². The lowest BCUT2D eigenvalue weighted by atomic mass is 9.54. The molecule has 1 saturated heterocycles. The zero-order valence-electron chi connectivity index (χ0n) is 27.6. The quantitative estimate of drug-likeness (QED) is 0.169. The minimum atomic E-state index is -0.626. The van der Waals surface area contributed by atoms with Gasteiger partial charge in [0.25, 0.3) is 0 Å². The van der Waals surface area contributed by atoms with Crippen LogP contribution < -0.4 is 4.74 Å². The van der Waals surface area contributed by atoms with Gasteiger partial charge < -0.3 is 14.4 Å². The summed E-state index contributed by atoms with van der Waals surface area (Å²) in [5.41, 5.74) is 1.52. The summed E-state index contributed by atoms with van der Waals surface area (Å²) < 4.78 is 12.2. The zero-order chi connectivity index (χ0) is 31.2. The average Bonchev–Trinajstić information content (AvgIpc) is 3.83. The van der Waals surface area contributed by atoms with Gasteiger partial charge in [-0.15, -0.1) is 0 Å². The largest absolute Gasteiger partial charge is 0.497 e. The first-order chi connectivity index (χ1) is 21.2. The van der Waals surface area contributed by atoms with Crippen molar-refractivity contribution in [3.05, 3.63) is 65.7 Å². The van der Waals surface area contributed by atoms with Crippen LogP contribution in [0.4, 0.5) is 0 Å². The molecule has 6 nitrogen and oxygen atoms in total. The Morgan fingerprint density at radius 3 is 2.50 bits per heavy atom. The minimum Gasteiger partial charge on any atom is -0.497 e. The molecule has 3 aliphatic rings. The molecule has 2 aromatic rings. The number of rotatable bonds is 14. The number of amides is 1. The molecule has 0 aromatic heterocycles. The molecule has 1 aliphatic heterocycles. The normalized spacial score (nSPS) is 25.3. The number of likely N-dealkylation sites (tertiary alicyclic amines) is 1. The fraction of sp³-hybridized carbons (Fsp3) is 0.632. The Kier molecular flexibility index (Phi) is 10.7. The number of esters is 1. The van der Waals surface area contributed by atoms with Crippen molar-refractivity contribution in [2.24, 2.45) is 11.8 Å². The highest BCUT2D eigenvalue weighted by atomic mass is 16.6. The molecule has 2 aliphatic carbocycles. The molecule has 3 atom stereocenters. The van der Waals surface area contributed by atoms with Crippen LogP contribution in [-0.2, 0) is 26.2 Å². The van der Waals surface area contributed by atoms with Crippen molar-refractivity contribution in [3.8, 4) is 5.75 Å². The maximum atomic E-state index is 14.0. The molecule has 0 spiro atoms. The summed E-state index contributed by atoms with van der Waals surface area (Å²) >= 11 is 0. The molecule has 6 heteroatoms. The molecule has 44 heavy (non-hydrogen) atoms. The summed E-state index contributed by atoms with van der Waals surface area (Å²) in [4.78, 5) is 31.5. The Morgan fingerprint density at radius 2 is 1.80 bits per heavy atom. The monoisotopic (exact) mass is 602 g/mol. The van der Waals surface area contributed by atoms with E-state index in [0.717, 1.165) is 89.2 Å². The van der Waals surface area contributed by atoms with Crippen LogP contribution >= 0.6 is 0 Å². The van der Waals surface area contributed by atoms with Gasteiger partial charge in [-0.1, -0.05) is 62.7 Å². The van der Waals surface area contributed by atoms with E-state index < -0.39 is 5.60 Å². The van der Waals surface area contributed by atoms with Gasteiger partial charge in [-0.3, -0.25) is 14.5 Å². The van der Waals surface area contributed by atoms with Crippen LogP contribution in [-0.4, -0.2) is 66.6 Å². The fourth-order valence-corrected chi connectivity index (χ4v) is 8.09. The topological polar surface area (TPSA) is 59.1 Å². The van der Waals surface area contributed by atoms with Crippen molar-refractivity contribution in [2.45, 2.75) is 108 Å². The highest BCUT2D eigenvalue weighted by Crippen LogP contribution is 2.55. The molecular weight excluding hydrogens is 548 g/mol.